The van der Waals surface area contributed by atoms with Gasteiger partial charge < -0.3 is 5.32 Å². The first-order chi connectivity index (χ1) is 6.34. The molecule has 0 aromatic rings. The Kier molecular flexibility index (Phi) is 2.80. The van der Waals surface area contributed by atoms with E-state index in [9.17, 15) is 4.79 Å². The van der Waals surface area contributed by atoms with Crippen LogP contribution in [-0.4, -0.2) is 37.1 Å². The summed E-state index contributed by atoms with van der Waals surface area (Å²) >= 11 is 0. The lowest BCUT2D eigenvalue weighted by molar-refractivity contribution is -0.121. The first-order valence-corrected chi connectivity index (χ1v) is 5.10. The van der Waals surface area contributed by atoms with Crippen LogP contribution in [0.25, 0.3) is 0 Å². The highest BCUT2D eigenvalue weighted by Crippen LogP contribution is 2.13. The summed E-state index contributed by atoms with van der Waals surface area (Å²) in [5, 5.41) is 5.39. The lowest BCUT2D eigenvalue weighted by Gasteiger charge is -2.16. The molecule has 13 heavy (non-hydrogen) atoms. The van der Waals surface area contributed by atoms with Crippen molar-refractivity contribution in [2.45, 2.75) is 19.3 Å². The minimum atomic E-state index is 0.171. The fourth-order valence-electron chi connectivity index (χ4n) is 1.99. The molecule has 2 fully saturated rings. The highest BCUT2D eigenvalue weighted by molar-refractivity contribution is 5.77. The van der Waals surface area contributed by atoms with Crippen molar-refractivity contribution in [3.05, 3.63) is 0 Å². The molecule has 4 heteroatoms. The Labute approximate surface area is 78.6 Å². The zero-order chi connectivity index (χ0) is 9.10. The van der Waals surface area contributed by atoms with Gasteiger partial charge in [0.05, 0.1) is 0 Å². The molecule has 0 aromatic carbocycles. The minimum absolute atomic E-state index is 0.171. The fourth-order valence-corrected chi connectivity index (χ4v) is 1.99. The van der Waals surface area contributed by atoms with Crippen molar-refractivity contribution < 1.29 is 4.79 Å². The second-order valence-corrected chi connectivity index (χ2v) is 3.92. The van der Waals surface area contributed by atoms with Gasteiger partial charge in [-0.3, -0.25) is 10.2 Å². The standard InChI is InChI=1S/C9H17N3O/c13-9-3-6-12(11-9)5-2-8-1-4-10-7-8/h8,10H,1-7H2,(H,11,13). The topological polar surface area (TPSA) is 44.4 Å². The molecule has 0 bridgehead atoms. The van der Waals surface area contributed by atoms with Gasteiger partial charge in [-0.25, -0.2) is 5.01 Å². The number of nitrogens with one attached hydrogen (secondary N) is 2. The zero-order valence-corrected chi connectivity index (χ0v) is 7.88. The normalized spacial score (nSPS) is 29.5. The van der Waals surface area contributed by atoms with Crippen molar-refractivity contribution in [1.82, 2.24) is 15.8 Å². The number of amides is 1. The van der Waals surface area contributed by atoms with Gasteiger partial charge in [0.25, 0.3) is 0 Å². The molecule has 2 N–H and O–H groups in total. The van der Waals surface area contributed by atoms with Gasteiger partial charge in [-0.05, 0) is 31.8 Å². The molecule has 74 valence electrons. The Bertz CT molecular complexity index is 189. The van der Waals surface area contributed by atoms with E-state index in [2.05, 4.69) is 10.7 Å². The number of hydrazine groups is 1. The van der Waals surface area contributed by atoms with Crippen LogP contribution in [0, 0.1) is 5.92 Å². The Hall–Kier alpha value is -0.610. The Morgan fingerprint density at radius 1 is 1.54 bits per heavy atom. The van der Waals surface area contributed by atoms with Crippen molar-refractivity contribution in [1.29, 1.82) is 0 Å². The molecule has 0 radical (unpaired) electrons. The summed E-state index contributed by atoms with van der Waals surface area (Å²) in [5.74, 6) is 0.988. The molecular formula is C9H17N3O. The van der Waals surface area contributed by atoms with Gasteiger partial charge in [-0.15, -0.1) is 0 Å². The third-order valence-corrected chi connectivity index (χ3v) is 2.86. The SMILES string of the molecule is O=C1CCN(CCC2CCNC2)N1. The molecule has 1 unspecified atom stereocenters. The van der Waals surface area contributed by atoms with Crippen LogP contribution >= 0.6 is 0 Å². The van der Waals surface area contributed by atoms with Crippen molar-refractivity contribution in [3.63, 3.8) is 0 Å². The summed E-state index contributed by atoms with van der Waals surface area (Å²) in [6, 6.07) is 0. The smallest absolute Gasteiger partial charge is 0.235 e. The van der Waals surface area contributed by atoms with Gasteiger partial charge in [0.1, 0.15) is 0 Å². The molecule has 0 saturated carbocycles. The predicted octanol–water partition coefficient (Wildman–Crippen LogP) is -0.277. The second-order valence-electron chi connectivity index (χ2n) is 3.92. The number of carbonyl (C=O) groups excluding carboxylic acids is 1. The van der Waals surface area contributed by atoms with E-state index in [1.165, 1.54) is 12.8 Å². The number of rotatable bonds is 3. The van der Waals surface area contributed by atoms with Gasteiger partial charge in [-0.1, -0.05) is 0 Å². The van der Waals surface area contributed by atoms with E-state index in [1.807, 2.05) is 5.01 Å². The van der Waals surface area contributed by atoms with Crippen molar-refractivity contribution in [2.24, 2.45) is 5.92 Å². The van der Waals surface area contributed by atoms with Crippen molar-refractivity contribution in [3.8, 4) is 0 Å². The lowest BCUT2D eigenvalue weighted by Crippen LogP contribution is -2.34. The van der Waals surface area contributed by atoms with Crippen LogP contribution in [0.2, 0.25) is 0 Å². The first-order valence-electron chi connectivity index (χ1n) is 5.10. The zero-order valence-electron chi connectivity index (χ0n) is 7.88. The van der Waals surface area contributed by atoms with Crippen LogP contribution in [0.5, 0.6) is 0 Å². The van der Waals surface area contributed by atoms with E-state index in [1.54, 1.807) is 0 Å². The maximum absolute atomic E-state index is 10.9. The third kappa shape index (κ3) is 2.42. The summed E-state index contributed by atoms with van der Waals surface area (Å²) in [7, 11) is 0. The van der Waals surface area contributed by atoms with Gasteiger partial charge in [0, 0.05) is 19.5 Å². The number of nitrogens with zero attached hydrogens (tertiary/aromatic N) is 1. The second kappa shape index (κ2) is 4.07. The molecule has 0 aromatic heterocycles. The maximum Gasteiger partial charge on any atom is 0.235 e. The third-order valence-electron chi connectivity index (χ3n) is 2.86. The quantitative estimate of drug-likeness (QED) is 0.632. The Morgan fingerprint density at radius 3 is 3.08 bits per heavy atom. The number of hydrogen-bond donors (Lipinski definition) is 2. The first kappa shape index (κ1) is 8.97. The number of hydrogen-bond acceptors (Lipinski definition) is 3. The van der Waals surface area contributed by atoms with E-state index in [0.29, 0.717) is 6.42 Å². The van der Waals surface area contributed by atoms with E-state index in [0.717, 1.165) is 32.1 Å². The summed E-state index contributed by atoms with van der Waals surface area (Å²) in [6.45, 7) is 4.22. The minimum Gasteiger partial charge on any atom is -0.316 e. The number of carbonyl (C=O) groups is 1. The molecule has 2 aliphatic rings. The monoisotopic (exact) mass is 183 g/mol. The molecule has 2 aliphatic heterocycles. The molecule has 2 rings (SSSR count). The maximum atomic E-state index is 10.9. The van der Waals surface area contributed by atoms with Crippen LogP contribution < -0.4 is 10.7 Å². The van der Waals surface area contributed by atoms with Crippen LogP contribution in [0.15, 0.2) is 0 Å². The highest BCUT2D eigenvalue weighted by Gasteiger charge is 2.20. The molecule has 2 heterocycles. The summed E-state index contributed by atoms with van der Waals surface area (Å²) < 4.78 is 0. The van der Waals surface area contributed by atoms with Crippen LogP contribution in [0.3, 0.4) is 0 Å². The lowest BCUT2D eigenvalue weighted by atomic mass is 10.1. The van der Waals surface area contributed by atoms with Gasteiger partial charge in [-0.2, -0.15) is 0 Å². The van der Waals surface area contributed by atoms with Gasteiger partial charge in [0.2, 0.25) is 5.91 Å². The van der Waals surface area contributed by atoms with E-state index in [-0.39, 0.29) is 5.91 Å². The summed E-state index contributed by atoms with van der Waals surface area (Å²) in [4.78, 5) is 10.9. The summed E-state index contributed by atoms with van der Waals surface area (Å²) in [5.41, 5.74) is 2.85. The fraction of sp³-hybridized carbons (Fsp3) is 0.889. The molecule has 2 saturated heterocycles. The molecule has 1 atom stereocenters. The van der Waals surface area contributed by atoms with E-state index >= 15 is 0 Å². The molecular weight excluding hydrogens is 166 g/mol. The molecule has 4 nitrogen and oxygen atoms in total. The van der Waals surface area contributed by atoms with Crippen molar-refractivity contribution in [2.75, 3.05) is 26.2 Å². The largest absolute Gasteiger partial charge is 0.316 e. The van der Waals surface area contributed by atoms with E-state index in [4.69, 9.17) is 0 Å². The van der Waals surface area contributed by atoms with Crippen LogP contribution in [-0.2, 0) is 4.79 Å². The summed E-state index contributed by atoms with van der Waals surface area (Å²) in [6.07, 6.45) is 3.16. The van der Waals surface area contributed by atoms with Crippen LogP contribution in [0.4, 0.5) is 0 Å². The van der Waals surface area contributed by atoms with Crippen molar-refractivity contribution >= 4 is 5.91 Å². The van der Waals surface area contributed by atoms with Gasteiger partial charge in [0.15, 0.2) is 0 Å². The Balaban J connectivity index is 1.64. The average molecular weight is 183 g/mol. The van der Waals surface area contributed by atoms with Gasteiger partial charge >= 0.3 is 0 Å². The molecule has 0 spiro atoms. The Morgan fingerprint density at radius 2 is 2.46 bits per heavy atom. The molecule has 0 aliphatic carbocycles. The van der Waals surface area contributed by atoms with Crippen LogP contribution in [0.1, 0.15) is 19.3 Å². The molecule has 1 amide bonds. The highest BCUT2D eigenvalue weighted by atomic mass is 16.2. The van der Waals surface area contributed by atoms with E-state index < -0.39 is 0 Å². The average Bonchev–Trinajstić information content (AvgIpc) is 2.71. The predicted molar refractivity (Wildman–Crippen MR) is 49.9 cm³/mol.